The van der Waals surface area contributed by atoms with Crippen LogP contribution in [0.3, 0.4) is 0 Å². The number of rotatable bonds is 4. The smallest absolute Gasteiger partial charge is 0.374 e. The van der Waals surface area contributed by atoms with Crippen molar-refractivity contribution in [3.63, 3.8) is 0 Å². The van der Waals surface area contributed by atoms with Crippen molar-refractivity contribution >= 4 is 0 Å². The van der Waals surface area contributed by atoms with Gasteiger partial charge in [0.1, 0.15) is 0 Å². The summed E-state index contributed by atoms with van der Waals surface area (Å²) in [6.45, 7) is 4.00. The standard InChI is InChI=1S/C13H23F3N2O/c1-12(5-2-8-19-12)9-17-11-3-6-18(7-4-11)10-13(14,15)16/h11,17H,2-10H2,1H3. The van der Waals surface area contributed by atoms with Crippen molar-refractivity contribution in [3.05, 3.63) is 0 Å². The number of nitrogens with zero attached hydrogens (tertiary/aromatic N) is 1. The van der Waals surface area contributed by atoms with E-state index < -0.39 is 12.7 Å². The van der Waals surface area contributed by atoms with Gasteiger partial charge in [-0.3, -0.25) is 4.90 Å². The SMILES string of the molecule is CC1(CNC2CCN(CC(F)(F)F)CC2)CCCO1. The van der Waals surface area contributed by atoms with Crippen LogP contribution in [0.2, 0.25) is 0 Å². The van der Waals surface area contributed by atoms with Crippen LogP contribution >= 0.6 is 0 Å². The van der Waals surface area contributed by atoms with Crippen LogP contribution in [0.1, 0.15) is 32.6 Å². The van der Waals surface area contributed by atoms with Gasteiger partial charge in [0.25, 0.3) is 0 Å². The van der Waals surface area contributed by atoms with Crippen LogP contribution in [-0.2, 0) is 4.74 Å². The highest BCUT2D eigenvalue weighted by atomic mass is 19.4. The summed E-state index contributed by atoms with van der Waals surface area (Å²) in [7, 11) is 0. The van der Waals surface area contributed by atoms with Crippen molar-refractivity contribution in [2.24, 2.45) is 0 Å². The summed E-state index contributed by atoms with van der Waals surface area (Å²) in [5, 5.41) is 3.45. The van der Waals surface area contributed by atoms with E-state index in [1.54, 1.807) is 0 Å². The Morgan fingerprint density at radius 2 is 2.00 bits per heavy atom. The molecule has 1 atom stereocenters. The Bertz CT molecular complexity index is 282. The molecule has 0 bridgehead atoms. The first-order valence-corrected chi connectivity index (χ1v) is 7.03. The fourth-order valence-corrected chi connectivity index (χ4v) is 2.89. The Balaban J connectivity index is 1.66. The van der Waals surface area contributed by atoms with Gasteiger partial charge in [-0.2, -0.15) is 13.2 Å². The molecule has 1 N–H and O–H groups in total. The number of likely N-dealkylation sites (tertiary alicyclic amines) is 1. The molecule has 2 aliphatic rings. The van der Waals surface area contributed by atoms with Crippen LogP contribution in [0.4, 0.5) is 13.2 Å². The van der Waals surface area contributed by atoms with Crippen LogP contribution in [0, 0.1) is 0 Å². The molecule has 0 amide bonds. The second-order valence-corrected chi connectivity index (χ2v) is 5.95. The average Bonchev–Trinajstić information content (AvgIpc) is 2.74. The summed E-state index contributed by atoms with van der Waals surface area (Å²) in [5.41, 5.74) is -0.0803. The molecule has 0 radical (unpaired) electrons. The zero-order valence-electron chi connectivity index (χ0n) is 11.4. The Morgan fingerprint density at radius 3 is 2.53 bits per heavy atom. The zero-order chi connectivity index (χ0) is 13.9. The summed E-state index contributed by atoms with van der Waals surface area (Å²) in [6, 6.07) is 0.325. The second-order valence-electron chi connectivity index (χ2n) is 5.95. The van der Waals surface area contributed by atoms with Crippen molar-refractivity contribution in [3.8, 4) is 0 Å². The van der Waals surface area contributed by atoms with Gasteiger partial charge in [0.15, 0.2) is 0 Å². The normalized spacial score (nSPS) is 30.9. The first-order chi connectivity index (χ1) is 8.86. The number of nitrogens with one attached hydrogen (secondary N) is 1. The Kier molecular flexibility index (Phi) is 4.74. The Labute approximate surface area is 112 Å². The molecular formula is C13H23F3N2O. The summed E-state index contributed by atoms with van der Waals surface area (Å²) in [5.74, 6) is 0. The van der Waals surface area contributed by atoms with E-state index in [9.17, 15) is 13.2 Å². The summed E-state index contributed by atoms with van der Waals surface area (Å²) in [6.07, 6.45) is -0.348. The molecule has 2 rings (SSSR count). The van der Waals surface area contributed by atoms with Gasteiger partial charge in [-0.15, -0.1) is 0 Å². The Morgan fingerprint density at radius 1 is 1.32 bits per heavy atom. The fraction of sp³-hybridized carbons (Fsp3) is 1.00. The third-order valence-corrected chi connectivity index (χ3v) is 4.06. The Hall–Kier alpha value is -0.330. The molecule has 0 spiro atoms. The molecule has 2 heterocycles. The molecule has 2 aliphatic heterocycles. The zero-order valence-corrected chi connectivity index (χ0v) is 11.4. The van der Waals surface area contributed by atoms with Crippen molar-refractivity contribution in [1.82, 2.24) is 10.2 Å². The maximum atomic E-state index is 12.3. The molecular weight excluding hydrogens is 257 g/mol. The molecule has 0 aromatic carbocycles. The fourth-order valence-electron chi connectivity index (χ4n) is 2.89. The number of piperidine rings is 1. The van der Waals surface area contributed by atoms with E-state index in [0.717, 1.165) is 38.8 Å². The molecule has 0 aromatic rings. The summed E-state index contributed by atoms with van der Waals surface area (Å²) in [4.78, 5) is 1.49. The topological polar surface area (TPSA) is 24.5 Å². The molecule has 6 heteroatoms. The van der Waals surface area contributed by atoms with Gasteiger partial charge < -0.3 is 10.1 Å². The van der Waals surface area contributed by atoms with Crippen molar-refractivity contribution in [2.45, 2.75) is 50.4 Å². The highest BCUT2D eigenvalue weighted by Gasteiger charge is 2.34. The third kappa shape index (κ3) is 4.93. The van der Waals surface area contributed by atoms with Crippen molar-refractivity contribution < 1.29 is 17.9 Å². The van der Waals surface area contributed by atoms with Gasteiger partial charge in [0.2, 0.25) is 0 Å². The molecule has 1 unspecified atom stereocenters. The molecule has 19 heavy (non-hydrogen) atoms. The second kappa shape index (κ2) is 5.97. The van der Waals surface area contributed by atoms with Gasteiger partial charge >= 0.3 is 6.18 Å². The lowest BCUT2D eigenvalue weighted by molar-refractivity contribution is -0.148. The lowest BCUT2D eigenvalue weighted by atomic mass is 10.00. The first-order valence-electron chi connectivity index (χ1n) is 7.03. The van der Waals surface area contributed by atoms with Crippen LogP contribution in [0.25, 0.3) is 0 Å². The molecule has 3 nitrogen and oxygen atoms in total. The number of halogens is 3. The maximum Gasteiger partial charge on any atom is 0.401 e. The third-order valence-electron chi connectivity index (χ3n) is 4.06. The number of alkyl halides is 3. The molecule has 2 fully saturated rings. The quantitative estimate of drug-likeness (QED) is 0.854. The van der Waals surface area contributed by atoms with Crippen molar-refractivity contribution in [2.75, 3.05) is 32.8 Å². The molecule has 2 saturated heterocycles. The first kappa shape index (κ1) is 15.1. The van der Waals surface area contributed by atoms with E-state index in [1.807, 2.05) is 0 Å². The molecule has 0 saturated carbocycles. The van der Waals surface area contributed by atoms with E-state index in [-0.39, 0.29) is 5.60 Å². The lowest BCUT2D eigenvalue weighted by Gasteiger charge is -2.34. The minimum absolute atomic E-state index is 0.0803. The lowest BCUT2D eigenvalue weighted by Crippen LogP contribution is -2.48. The van der Waals surface area contributed by atoms with Gasteiger partial charge in [0, 0.05) is 19.2 Å². The van der Waals surface area contributed by atoms with E-state index in [0.29, 0.717) is 19.1 Å². The summed E-state index contributed by atoms with van der Waals surface area (Å²) >= 11 is 0. The molecule has 0 aromatic heterocycles. The van der Waals surface area contributed by atoms with Crippen LogP contribution in [0.15, 0.2) is 0 Å². The summed E-state index contributed by atoms with van der Waals surface area (Å²) < 4.78 is 42.5. The van der Waals surface area contributed by atoms with E-state index >= 15 is 0 Å². The minimum atomic E-state index is -4.08. The van der Waals surface area contributed by atoms with Gasteiger partial charge in [-0.05, 0) is 45.7 Å². The molecule has 0 aliphatic carbocycles. The maximum absolute atomic E-state index is 12.3. The van der Waals surface area contributed by atoms with Crippen molar-refractivity contribution in [1.29, 1.82) is 0 Å². The van der Waals surface area contributed by atoms with Crippen LogP contribution in [-0.4, -0.2) is 55.5 Å². The average molecular weight is 280 g/mol. The number of hydrogen-bond acceptors (Lipinski definition) is 3. The van der Waals surface area contributed by atoms with E-state index in [4.69, 9.17) is 4.74 Å². The molecule has 112 valence electrons. The van der Waals surface area contributed by atoms with Crippen LogP contribution in [0.5, 0.6) is 0 Å². The van der Waals surface area contributed by atoms with E-state index in [1.165, 1.54) is 4.90 Å². The highest BCUT2D eigenvalue weighted by Crippen LogP contribution is 2.25. The predicted octanol–water partition coefficient (Wildman–Crippen LogP) is 2.17. The van der Waals surface area contributed by atoms with Gasteiger partial charge in [0.05, 0.1) is 12.1 Å². The highest BCUT2D eigenvalue weighted by molar-refractivity contribution is 4.86. The number of hydrogen-bond donors (Lipinski definition) is 1. The largest absolute Gasteiger partial charge is 0.401 e. The minimum Gasteiger partial charge on any atom is -0.374 e. The predicted molar refractivity (Wildman–Crippen MR) is 67.1 cm³/mol. The van der Waals surface area contributed by atoms with Crippen LogP contribution < -0.4 is 5.32 Å². The van der Waals surface area contributed by atoms with E-state index in [2.05, 4.69) is 12.2 Å². The van der Waals surface area contributed by atoms with Gasteiger partial charge in [-0.1, -0.05) is 0 Å². The monoisotopic (exact) mass is 280 g/mol. The van der Waals surface area contributed by atoms with Gasteiger partial charge in [-0.25, -0.2) is 0 Å². The number of ether oxygens (including phenoxy) is 1.